The summed E-state index contributed by atoms with van der Waals surface area (Å²) in [5.41, 5.74) is 2.81. The molecule has 5 amide bonds. The monoisotopic (exact) mass is 605 g/mol. The maximum atomic E-state index is 15.6. The van der Waals surface area contributed by atoms with E-state index in [-0.39, 0.29) is 36.2 Å². The molecule has 12 heteroatoms. The van der Waals surface area contributed by atoms with Crippen molar-refractivity contribution in [2.75, 3.05) is 18.5 Å². The Bertz CT molecular complexity index is 1690. The van der Waals surface area contributed by atoms with E-state index in [2.05, 4.69) is 28.1 Å². The van der Waals surface area contributed by atoms with Gasteiger partial charge in [0.2, 0.25) is 11.8 Å². The Balaban J connectivity index is 1.09. The maximum absolute atomic E-state index is 15.6. The summed E-state index contributed by atoms with van der Waals surface area (Å²) in [6.45, 7) is 5.02. The molecule has 43 heavy (non-hydrogen) atoms. The Morgan fingerprint density at radius 2 is 1.95 bits per heavy atom. The predicted molar refractivity (Wildman–Crippen MR) is 157 cm³/mol. The first-order chi connectivity index (χ1) is 20.6. The zero-order valence-corrected chi connectivity index (χ0v) is 24.7. The van der Waals surface area contributed by atoms with Crippen molar-refractivity contribution in [1.82, 2.24) is 20.5 Å². The van der Waals surface area contributed by atoms with Crippen LogP contribution in [-0.2, 0) is 26.4 Å². The number of nitrogens with one attached hydrogen (secondary N) is 3. The fourth-order valence-electron chi connectivity index (χ4n) is 6.28. The van der Waals surface area contributed by atoms with Gasteiger partial charge in [0.15, 0.2) is 5.82 Å². The van der Waals surface area contributed by atoms with E-state index >= 15 is 4.39 Å². The molecule has 4 heterocycles. The summed E-state index contributed by atoms with van der Waals surface area (Å²) in [5.74, 6) is -1.28. The first-order valence-corrected chi connectivity index (χ1v) is 15.5. The topological polar surface area (TPSA) is 130 Å². The van der Waals surface area contributed by atoms with E-state index < -0.39 is 41.2 Å². The van der Waals surface area contributed by atoms with Crippen LogP contribution in [0.4, 0.5) is 14.9 Å². The van der Waals surface area contributed by atoms with E-state index in [0.29, 0.717) is 18.4 Å². The van der Waals surface area contributed by atoms with Crippen LogP contribution in [0.2, 0.25) is 0 Å². The van der Waals surface area contributed by atoms with Gasteiger partial charge in [-0.1, -0.05) is 6.07 Å². The molecule has 0 radical (unpaired) electrons. The van der Waals surface area contributed by atoms with E-state index in [1.165, 1.54) is 41.0 Å². The van der Waals surface area contributed by atoms with Crippen molar-refractivity contribution in [3.63, 3.8) is 0 Å². The SMILES string of the molecule is CC(C)(NC(=O)Nc1ccc2c(c1F)CN(C1CCC(=O)NC1=O)C2=O)c1nc2c([C@H]3CCOC3)cc(C3CC3)cc2s1. The average molecular weight is 606 g/mol. The molecule has 3 N–H and O–H groups in total. The molecule has 1 aliphatic carbocycles. The van der Waals surface area contributed by atoms with Gasteiger partial charge in [-0.2, -0.15) is 0 Å². The van der Waals surface area contributed by atoms with Gasteiger partial charge in [-0.05, 0) is 74.8 Å². The van der Waals surface area contributed by atoms with Crippen LogP contribution in [0.3, 0.4) is 0 Å². The molecule has 7 rings (SSSR count). The van der Waals surface area contributed by atoms with Gasteiger partial charge in [0.25, 0.3) is 5.91 Å². The summed E-state index contributed by atoms with van der Waals surface area (Å²) < 4.78 is 22.4. The second kappa shape index (κ2) is 10.4. The van der Waals surface area contributed by atoms with Crippen LogP contribution in [0.15, 0.2) is 24.3 Å². The molecule has 0 bridgehead atoms. The van der Waals surface area contributed by atoms with Gasteiger partial charge >= 0.3 is 6.03 Å². The molecule has 1 unspecified atom stereocenters. The van der Waals surface area contributed by atoms with Crippen LogP contribution in [-0.4, -0.2) is 52.9 Å². The van der Waals surface area contributed by atoms with E-state index in [1.54, 1.807) is 11.3 Å². The summed E-state index contributed by atoms with van der Waals surface area (Å²) in [6.07, 6.45) is 3.65. The number of fused-ring (bicyclic) bond motifs is 2. The fourth-order valence-corrected chi connectivity index (χ4v) is 7.39. The van der Waals surface area contributed by atoms with Crippen molar-refractivity contribution in [3.05, 3.63) is 57.3 Å². The third-order valence-corrected chi connectivity index (χ3v) is 10.1. The first kappa shape index (κ1) is 27.9. The number of ether oxygens (including phenoxy) is 1. The number of piperidine rings is 1. The second-order valence-electron chi connectivity index (χ2n) is 12.4. The van der Waals surface area contributed by atoms with Gasteiger partial charge in [-0.3, -0.25) is 19.7 Å². The lowest BCUT2D eigenvalue weighted by Gasteiger charge is -2.29. The minimum absolute atomic E-state index is 0.0770. The number of thiazole rings is 1. The van der Waals surface area contributed by atoms with Gasteiger partial charge in [0.1, 0.15) is 11.0 Å². The molecule has 3 fully saturated rings. The molecular formula is C31H32FN5O5S. The first-order valence-electron chi connectivity index (χ1n) is 14.7. The maximum Gasteiger partial charge on any atom is 0.320 e. The number of rotatable bonds is 6. The highest BCUT2D eigenvalue weighted by Gasteiger charge is 2.41. The molecule has 2 aromatic carbocycles. The second-order valence-corrected chi connectivity index (χ2v) is 13.4. The lowest BCUT2D eigenvalue weighted by molar-refractivity contribution is -0.136. The Kier molecular flexibility index (Phi) is 6.73. The van der Waals surface area contributed by atoms with E-state index in [1.807, 2.05) is 13.8 Å². The lowest BCUT2D eigenvalue weighted by Crippen LogP contribution is -2.52. The van der Waals surface area contributed by atoms with Gasteiger partial charge in [-0.15, -0.1) is 11.3 Å². The third-order valence-electron chi connectivity index (χ3n) is 8.82. The summed E-state index contributed by atoms with van der Waals surface area (Å²) >= 11 is 1.55. The van der Waals surface area contributed by atoms with Crippen molar-refractivity contribution < 1.29 is 28.3 Å². The zero-order chi connectivity index (χ0) is 30.0. The van der Waals surface area contributed by atoms with Gasteiger partial charge in [-0.25, -0.2) is 14.2 Å². The number of nitrogens with zero attached hydrogens (tertiary/aromatic N) is 2. The summed E-state index contributed by atoms with van der Waals surface area (Å²) in [4.78, 5) is 56.3. The van der Waals surface area contributed by atoms with Crippen molar-refractivity contribution in [2.24, 2.45) is 0 Å². The normalized spacial score (nSPS) is 22.2. The minimum Gasteiger partial charge on any atom is -0.381 e. The number of hydrogen-bond donors (Lipinski definition) is 3. The highest BCUT2D eigenvalue weighted by molar-refractivity contribution is 7.18. The number of amides is 5. The number of imide groups is 1. The summed E-state index contributed by atoms with van der Waals surface area (Å²) in [6, 6.07) is 5.85. The lowest BCUT2D eigenvalue weighted by atomic mass is 9.94. The molecule has 224 valence electrons. The molecular weight excluding hydrogens is 573 g/mol. The number of benzene rings is 2. The van der Waals surface area contributed by atoms with E-state index in [0.717, 1.165) is 28.3 Å². The Morgan fingerprint density at radius 1 is 1.14 bits per heavy atom. The smallest absolute Gasteiger partial charge is 0.320 e. The number of halogens is 1. The number of hydrogen-bond acceptors (Lipinski definition) is 7. The van der Waals surface area contributed by atoms with Gasteiger partial charge in [0, 0.05) is 30.1 Å². The van der Waals surface area contributed by atoms with Crippen LogP contribution in [0, 0.1) is 5.82 Å². The number of anilines is 1. The highest BCUT2D eigenvalue weighted by atomic mass is 32.1. The molecule has 10 nitrogen and oxygen atoms in total. The Morgan fingerprint density at radius 3 is 2.67 bits per heavy atom. The molecule has 3 aliphatic heterocycles. The molecule has 1 saturated carbocycles. The van der Waals surface area contributed by atoms with Crippen molar-refractivity contribution in [2.45, 2.75) is 75.9 Å². The third kappa shape index (κ3) is 5.06. The number of carbonyl (C=O) groups is 4. The van der Waals surface area contributed by atoms with Crippen LogP contribution in [0.25, 0.3) is 10.2 Å². The molecule has 2 saturated heterocycles. The fraction of sp³-hybridized carbons (Fsp3) is 0.452. The molecule has 1 aromatic heterocycles. The number of urea groups is 1. The molecule has 3 aromatic rings. The minimum atomic E-state index is -0.858. The zero-order valence-electron chi connectivity index (χ0n) is 23.9. The highest BCUT2D eigenvalue weighted by Crippen LogP contribution is 2.45. The van der Waals surface area contributed by atoms with Crippen LogP contribution < -0.4 is 16.0 Å². The quantitative estimate of drug-likeness (QED) is 0.351. The molecule has 2 atom stereocenters. The largest absolute Gasteiger partial charge is 0.381 e. The average Bonchev–Trinajstić information content (AvgIpc) is 3.33. The van der Waals surface area contributed by atoms with Crippen LogP contribution in [0.1, 0.15) is 89.8 Å². The van der Waals surface area contributed by atoms with Crippen LogP contribution >= 0.6 is 11.3 Å². The molecule has 4 aliphatic rings. The Labute approximate surface area is 251 Å². The van der Waals surface area contributed by atoms with E-state index in [4.69, 9.17) is 9.72 Å². The van der Waals surface area contributed by atoms with Crippen molar-refractivity contribution in [1.29, 1.82) is 0 Å². The van der Waals surface area contributed by atoms with Crippen molar-refractivity contribution in [3.8, 4) is 0 Å². The number of carbonyl (C=O) groups excluding carboxylic acids is 4. The van der Waals surface area contributed by atoms with Crippen molar-refractivity contribution >= 4 is 51.0 Å². The molecule has 0 spiro atoms. The number of aromatic nitrogens is 1. The van der Waals surface area contributed by atoms with Gasteiger partial charge < -0.3 is 20.3 Å². The predicted octanol–water partition coefficient (Wildman–Crippen LogP) is 4.63. The summed E-state index contributed by atoms with van der Waals surface area (Å²) in [5, 5.41) is 8.51. The van der Waals surface area contributed by atoms with E-state index in [9.17, 15) is 19.2 Å². The standard InChI is InChI=1S/C31H32FN5O5S/c1-31(2,29-35-26-19(16-9-10-42-14-16)11-17(15-3-4-15)12-23(26)43-29)36-30(41)33-21-6-5-18-20(25(21)32)13-37(28(18)40)22-7-8-24(38)34-27(22)39/h5-6,11-12,15-16,22H,3-4,7-10,13-14H2,1-2H3,(H2,33,36,41)(H,34,38,39)/t16-,22?/m0/s1. The summed E-state index contributed by atoms with van der Waals surface area (Å²) in [7, 11) is 0. The van der Waals surface area contributed by atoms with Gasteiger partial charge in [0.05, 0.1) is 34.6 Å². The Hall–Kier alpha value is -3.90. The van der Waals surface area contributed by atoms with Crippen LogP contribution in [0.5, 0.6) is 0 Å².